The molecule has 0 bridgehead atoms. The van der Waals surface area contributed by atoms with E-state index in [2.05, 4.69) is 61.5 Å². The van der Waals surface area contributed by atoms with Crippen LogP contribution in [0.2, 0.25) is 0 Å². The van der Waals surface area contributed by atoms with Crippen LogP contribution < -0.4 is 5.43 Å². The van der Waals surface area contributed by atoms with Crippen molar-refractivity contribution in [3.05, 3.63) is 59.9 Å². The molecule has 0 aliphatic heterocycles. The maximum absolute atomic E-state index is 12.3. The van der Waals surface area contributed by atoms with Gasteiger partial charge in [0.1, 0.15) is 0 Å². The largest absolute Gasteiger partial charge is 0.299 e. The number of aromatic nitrogens is 4. The highest BCUT2D eigenvalue weighted by Crippen LogP contribution is 2.35. The van der Waals surface area contributed by atoms with E-state index in [1.807, 2.05) is 12.1 Å². The van der Waals surface area contributed by atoms with E-state index in [1.165, 1.54) is 36.6 Å². The molecule has 0 radical (unpaired) electrons. The molecule has 2 aromatic heterocycles. The molecule has 1 aliphatic rings. The highest BCUT2D eigenvalue weighted by Gasteiger charge is 2.24. The summed E-state index contributed by atoms with van der Waals surface area (Å²) in [6.07, 6.45) is 10.9. The third-order valence-corrected chi connectivity index (χ3v) is 6.28. The summed E-state index contributed by atoms with van der Waals surface area (Å²) in [5.41, 5.74) is 5.67. The monoisotopic (exact) mass is 434 g/mol. The fraction of sp³-hybridized carbons (Fsp3) is 0.348. The van der Waals surface area contributed by atoms with Crippen LogP contribution in [0.4, 0.5) is 0 Å². The highest BCUT2D eigenvalue weighted by atomic mass is 32.2. The van der Waals surface area contributed by atoms with Crippen molar-refractivity contribution >= 4 is 23.9 Å². The summed E-state index contributed by atoms with van der Waals surface area (Å²) in [5, 5.41) is 13.7. The topological polar surface area (TPSA) is 85.1 Å². The molecule has 2 heterocycles. The van der Waals surface area contributed by atoms with E-state index in [9.17, 15) is 4.79 Å². The van der Waals surface area contributed by atoms with E-state index in [1.54, 1.807) is 18.6 Å². The maximum Gasteiger partial charge on any atom is 0.250 e. The first kappa shape index (κ1) is 21.2. The van der Waals surface area contributed by atoms with Gasteiger partial charge in [-0.2, -0.15) is 5.10 Å². The number of hydrogen-bond acceptors (Lipinski definition) is 6. The van der Waals surface area contributed by atoms with Gasteiger partial charge in [-0.15, -0.1) is 10.2 Å². The van der Waals surface area contributed by atoms with E-state index in [-0.39, 0.29) is 11.7 Å². The van der Waals surface area contributed by atoms with Crippen LogP contribution >= 0.6 is 11.8 Å². The van der Waals surface area contributed by atoms with Crippen LogP contribution in [0, 0.1) is 6.92 Å². The fourth-order valence-corrected chi connectivity index (χ4v) is 4.53. The van der Waals surface area contributed by atoms with Gasteiger partial charge in [-0.3, -0.25) is 14.3 Å². The van der Waals surface area contributed by atoms with Crippen LogP contribution in [0.3, 0.4) is 0 Å². The number of amides is 1. The molecule has 1 fully saturated rings. The highest BCUT2D eigenvalue weighted by molar-refractivity contribution is 7.99. The lowest BCUT2D eigenvalue weighted by Gasteiger charge is -2.25. The van der Waals surface area contributed by atoms with Crippen LogP contribution in [0.15, 0.2) is 59.0 Å². The van der Waals surface area contributed by atoms with Crippen molar-refractivity contribution in [3.8, 4) is 11.4 Å². The second-order valence-corrected chi connectivity index (χ2v) is 8.64. The molecule has 8 heteroatoms. The second-order valence-electron chi connectivity index (χ2n) is 7.70. The molecule has 1 N–H and O–H groups in total. The Morgan fingerprint density at radius 2 is 2.00 bits per heavy atom. The molecule has 1 saturated carbocycles. The van der Waals surface area contributed by atoms with Gasteiger partial charge in [-0.1, -0.05) is 66.9 Å². The summed E-state index contributed by atoms with van der Waals surface area (Å²) in [4.78, 5) is 16.3. The number of nitrogens with one attached hydrogen (secondary N) is 1. The fourth-order valence-electron chi connectivity index (χ4n) is 3.74. The van der Waals surface area contributed by atoms with Crippen molar-refractivity contribution in [2.24, 2.45) is 5.10 Å². The van der Waals surface area contributed by atoms with E-state index in [0.717, 1.165) is 34.9 Å². The third kappa shape index (κ3) is 5.58. The van der Waals surface area contributed by atoms with Gasteiger partial charge in [0.25, 0.3) is 5.91 Å². The second kappa shape index (κ2) is 10.3. The van der Waals surface area contributed by atoms with Gasteiger partial charge in [-0.05, 0) is 25.8 Å². The molecular weight excluding hydrogens is 408 g/mol. The molecule has 31 heavy (non-hydrogen) atoms. The number of hydrogen-bond donors (Lipinski definition) is 1. The minimum atomic E-state index is -0.180. The number of hydrazone groups is 1. The average Bonchev–Trinajstić information content (AvgIpc) is 3.23. The lowest BCUT2D eigenvalue weighted by atomic mass is 9.95. The summed E-state index contributed by atoms with van der Waals surface area (Å²) in [7, 11) is 0. The molecule has 1 aliphatic carbocycles. The first-order valence-electron chi connectivity index (χ1n) is 10.6. The van der Waals surface area contributed by atoms with Crippen LogP contribution in [0.1, 0.15) is 49.3 Å². The maximum atomic E-state index is 12.3. The molecular formula is C23H26N6OS. The first-order valence-corrected chi connectivity index (χ1v) is 11.6. The number of pyridine rings is 1. The van der Waals surface area contributed by atoms with Gasteiger partial charge in [0.15, 0.2) is 11.0 Å². The van der Waals surface area contributed by atoms with Gasteiger partial charge < -0.3 is 0 Å². The predicted octanol–water partition coefficient (Wildman–Crippen LogP) is 4.40. The van der Waals surface area contributed by atoms with Crippen LogP contribution in [0.25, 0.3) is 11.4 Å². The Bertz CT molecular complexity index is 1030. The quantitative estimate of drug-likeness (QED) is 0.338. The van der Waals surface area contributed by atoms with Crippen molar-refractivity contribution < 1.29 is 4.79 Å². The minimum absolute atomic E-state index is 0.180. The van der Waals surface area contributed by atoms with Gasteiger partial charge in [0, 0.05) is 29.6 Å². The Morgan fingerprint density at radius 1 is 1.19 bits per heavy atom. The first-order chi connectivity index (χ1) is 15.2. The van der Waals surface area contributed by atoms with Crippen LogP contribution in [0.5, 0.6) is 0 Å². The van der Waals surface area contributed by atoms with E-state index in [4.69, 9.17) is 0 Å². The Labute approximate surface area is 186 Å². The molecule has 7 nitrogen and oxygen atoms in total. The molecule has 4 rings (SSSR count). The van der Waals surface area contributed by atoms with Crippen LogP contribution in [-0.2, 0) is 4.79 Å². The number of aryl methyl sites for hydroxylation is 1. The van der Waals surface area contributed by atoms with E-state index >= 15 is 0 Å². The van der Waals surface area contributed by atoms with Gasteiger partial charge in [-0.25, -0.2) is 5.43 Å². The molecule has 0 atom stereocenters. The zero-order valence-electron chi connectivity index (χ0n) is 17.6. The SMILES string of the molecule is Cc1ccc(-c2nnc(SCC(=O)N/N=C\c3cccnc3)n2C2CCCCC2)cc1. The summed E-state index contributed by atoms with van der Waals surface area (Å²) < 4.78 is 2.24. The molecule has 1 aromatic carbocycles. The molecule has 1 amide bonds. The Morgan fingerprint density at radius 3 is 2.74 bits per heavy atom. The number of thioether (sulfide) groups is 1. The van der Waals surface area contributed by atoms with Crippen LogP contribution in [-0.4, -0.2) is 37.6 Å². The lowest BCUT2D eigenvalue weighted by molar-refractivity contribution is -0.118. The third-order valence-electron chi connectivity index (χ3n) is 5.33. The number of rotatable bonds is 7. The van der Waals surface area contributed by atoms with Crippen molar-refractivity contribution in [2.75, 3.05) is 5.75 Å². The summed E-state index contributed by atoms with van der Waals surface area (Å²) >= 11 is 1.40. The number of carbonyl (C=O) groups excluding carboxylic acids is 1. The van der Waals surface area contributed by atoms with Crippen molar-refractivity contribution in [1.29, 1.82) is 0 Å². The lowest BCUT2D eigenvalue weighted by Crippen LogP contribution is -2.20. The number of carbonyl (C=O) groups is 1. The summed E-state index contributed by atoms with van der Waals surface area (Å²) in [6.45, 7) is 2.08. The van der Waals surface area contributed by atoms with Gasteiger partial charge in [0.2, 0.25) is 0 Å². The Hall–Kier alpha value is -3.00. The zero-order valence-corrected chi connectivity index (χ0v) is 18.4. The van der Waals surface area contributed by atoms with E-state index in [0.29, 0.717) is 6.04 Å². The molecule has 0 saturated heterocycles. The molecule has 0 unspecified atom stereocenters. The standard InChI is InChI=1S/C23H26N6OS/c1-17-9-11-19(12-10-17)22-27-28-23(29(22)20-7-3-2-4-8-20)31-16-21(30)26-25-15-18-6-5-13-24-14-18/h5-6,9-15,20H,2-4,7-8,16H2,1H3,(H,26,30)/b25-15-. The molecule has 0 spiro atoms. The van der Waals surface area contributed by atoms with Gasteiger partial charge >= 0.3 is 0 Å². The van der Waals surface area contributed by atoms with Crippen molar-refractivity contribution in [2.45, 2.75) is 50.2 Å². The number of benzene rings is 1. The minimum Gasteiger partial charge on any atom is -0.299 e. The summed E-state index contributed by atoms with van der Waals surface area (Å²) in [6, 6.07) is 12.4. The Balaban J connectivity index is 1.46. The molecule has 160 valence electrons. The normalized spacial score (nSPS) is 14.7. The van der Waals surface area contributed by atoms with Crippen molar-refractivity contribution in [3.63, 3.8) is 0 Å². The predicted molar refractivity (Wildman–Crippen MR) is 123 cm³/mol. The molecule has 3 aromatic rings. The van der Waals surface area contributed by atoms with E-state index < -0.39 is 0 Å². The number of nitrogens with zero attached hydrogens (tertiary/aromatic N) is 5. The zero-order chi connectivity index (χ0) is 21.5. The average molecular weight is 435 g/mol. The summed E-state index contributed by atoms with van der Waals surface area (Å²) in [5.74, 6) is 0.924. The van der Waals surface area contributed by atoms with Gasteiger partial charge in [0.05, 0.1) is 12.0 Å². The smallest absolute Gasteiger partial charge is 0.250 e. The Kier molecular flexibility index (Phi) is 7.09. The van der Waals surface area contributed by atoms with Crippen molar-refractivity contribution in [1.82, 2.24) is 25.2 Å².